The smallest absolute Gasteiger partial charge is 0.122 e. The summed E-state index contributed by atoms with van der Waals surface area (Å²) in [6, 6.07) is 14.7. The van der Waals surface area contributed by atoms with E-state index in [0.717, 1.165) is 16.9 Å². The highest BCUT2D eigenvalue weighted by atomic mass is 35.5. The Morgan fingerprint density at radius 2 is 1.68 bits per heavy atom. The first-order valence-electron chi connectivity index (χ1n) is 5.78. The number of hydrogen-bond acceptors (Lipinski definition) is 2. The first kappa shape index (κ1) is 13.2. The number of nitrogens with one attached hydrogen (secondary N) is 2. The van der Waals surface area contributed by atoms with Crippen LogP contribution in [0.4, 0.5) is 11.4 Å². The maximum Gasteiger partial charge on any atom is 0.122 e. The monoisotopic (exact) mass is 271 g/mol. The van der Waals surface area contributed by atoms with Crippen LogP contribution in [0, 0.1) is 5.41 Å². The quantitative estimate of drug-likeness (QED) is 0.448. The molecule has 0 aromatic heterocycles. The Kier molecular flexibility index (Phi) is 4.21. The van der Waals surface area contributed by atoms with Crippen LogP contribution in [0.25, 0.3) is 6.08 Å². The van der Waals surface area contributed by atoms with Crippen molar-refractivity contribution in [1.82, 2.24) is 0 Å². The third-order valence-electron chi connectivity index (χ3n) is 2.50. The first-order chi connectivity index (χ1) is 9.13. The van der Waals surface area contributed by atoms with E-state index in [1.165, 1.54) is 0 Å². The summed E-state index contributed by atoms with van der Waals surface area (Å²) in [4.78, 5) is 0. The average molecular weight is 272 g/mol. The zero-order chi connectivity index (χ0) is 13.7. The van der Waals surface area contributed by atoms with Crippen LogP contribution in [0.5, 0.6) is 0 Å². The van der Waals surface area contributed by atoms with Gasteiger partial charge in [0.25, 0.3) is 0 Å². The molecule has 2 aromatic rings. The highest BCUT2D eigenvalue weighted by molar-refractivity contribution is 6.30. The van der Waals surface area contributed by atoms with E-state index >= 15 is 0 Å². The SMILES string of the molecule is N=C(/C=C/c1ccc(N)cc1)Nc1ccc(Cl)cc1. The lowest BCUT2D eigenvalue weighted by Gasteiger charge is -2.04. The van der Waals surface area contributed by atoms with E-state index in [1.807, 2.05) is 42.5 Å². The maximum absolute atomic E-state index is 7.82. The molecule has 0 spiro atoms. The topological polar surface area (TPSA) is 61.9 Å². The zero-order valence-electron chi connectivity index (χ0n) is 10.2. The second-order valence-electron chi connectivity index (χ2n) is 4.05. The molecule has 0 saturated heterocycles. The van der Waals surface area contributed by atoms with Crippen molar-refractivity contribution in [3.05, 3.63) is 65.2 Å². The molecule has 19 heavy (non-hydrogen) atoms. The lowest BCUT2D eigenvalue weighted by Crippen LogP contribution is -2.06. The van der Waals surface area contributed by atoms with Gasteiger partial charge in [0.05, 0.1) is 0 Å². The van der Waals surface area contributed by atoms with Gasteiger partial charge >= 0.3 is 0 Å². The van der Waals surface area contributed by atoms with Gasteiger partial charge in [-0.25, -0.2) is 0 Å². The van der Waals surface area contributed by atoms with Gasteiger partial charge in [0.2, 0.25) is 0 Å². The molecule has 0 aliphatic carbocycles. The average Bonchev–Trinajstić information content (AvgIpc) is 2.41. The van der Waals surface area contributed by atoms with Gasteiger partial charge in [-0.15, -0.1) is 0 Å². The van der Waals surface area contributed by atoms with E-state index in [0.29, 0.717) is 10.9 Å². The van der Waals surface area contributed by atoms with Crippen LogP contribution in [0.3, 0.4) is 0 Å². The van der Waals surface area contributed by atoms with E-state index in [1.54, 1.807) is 18.2 Å². The summed E-state index contributed by atoms with van der Waals surface area (Å²) in [6.07, 6.45) is 3.55. The number of nitrogen functional groups attached to an aromatic ring is 1. The van der Waals surface area contributed by atoms with Crippen molar-refractivity contribution in [1.29, 1.82) is 5.41 Å². The number of hydrogen-bond donors (Lipinski definition) is 3. The van der Waals surface area contributed by atoms with Crippen LogP contribution in [-0.2, 0) is 0 Å². The fourth-order valence-corrected chi connectivity index (χ4v) is 1.64. The van der Waals surface area contributed by atoms with Crippen molar-refractivity contribution in [2.75, 3.05) is 11.1 Å². The predicted molar refractivity (Wildman–Crippen MR) is 82.7 cm³/mol. The molecule has 4 N–H and O–H groups in total. The Morgan fingerprint density at radius 3 is 2.32 bits per heavy atom. The normalized spacial score (nSPS) is 10.6. The molecular weight excluding hydrogens is 258 g/mol. The largest absolute Gasteiger partial charge is 0.399 e. The van der Waals surface area contributed by atoms with E-state index in [-0.39, 0.29) is 0 Å². The summed E-state index contributed by atoms with van der Waals surface area (Å²) in [7, 11) is 0. The van der Waals surface area contributed by atoms with Crippen LogP contribution in [0.15, 0.2) is 54.6 Å². The Balaban J connectivity index is 1.97. The maximum atomic E-state index is 7.82. The molecule has 0 bridgehead atoms. The minimum absolute atomic E-state index is 0.305. The summed E-state index contributed by atoms with van der Waals surface area (Å²) >= 11 is 5.80. The third-order valence-corrected chi connectivity index (χ3v) is 2.75. The first-order valence-corrected chi connectivity index (χ1v) is 6.16. The van der Waals surface area contributed by atoms with E-state index in [9.17, 15) is 0 Å². The molecule has 0 saturated carbocycles. The predicted octanol–water partition coefficient (Wildman–Crippen LogP) is 4.02. The number of benzene rings is 2. The highest BCUT2D eigenvalue weighted by Crippen LogP contribution is 2.13. The van der Waals surface area contributed by atoms with Crippen LogP contribution < -0.4 is 11.1 Å². The van der Waals surface area contributed by atoms with Crippen molar-refractivity contribution in [3.63, 3.8) is 0 Å². The third kappa shape index (κ3) is 4.16. The van der Waals surface area contributed by atoms with Gasteiger partial charge in [-0.1, -0.05) is 29.8 Å². The number of amidine groups is 1. The second kappa shape index (κ2) is 6.07. The van der Waals surface area contributed by atoms with Gasteiger partial charge in [-0.3, -0.25) is 5.41 Å². The number of nitrogens with two attached hydrogens (primary N) is 1. The number of rotatable bonds is 3. The van der Waals surface area contributed by atoms with Gasteiger partial charge in [0, 0.05) is 16.4 Å². The van der Waals surface area contributed by atoms with Gasteiger partial charge in [0.15, 0.2) is 0 Å². The number of anilines is 2. The molecule has 96 valence electrons. The Hall–Kier alpha value is -2.26. The van der Waals surface area contributed by atoms with Gasteiger partial charge in [0.1, 0.15) is 5.84 Å². The molecule has 2 rings (SSSR count). The van der Waals surface area contributed by atoms with Crippen LogP contribution >= 0.6 is 11.6 Å². The van der Waals surface area contributed by atoms with Gasteiger partial charge < -0.3 is 11.1 Å². The minimum Gasteiger partial charge on any atom is -0.399 e. The molecule has 0 heterocycles. The van der Waals surface area contributed by atoms with Gasteiger partial charge in [-0.05, 0) is 48.0 Å². The van der Waals surface area contributed by atoms with Crippen molar-refractivity contribution in [2.24, 2.45) is 0 Å². The van der Waals surface area contributed by atoms with Crippen LogP contribution in [0.1, 0.15) is 5.56 Å². The molecule has 0 unspecified atom stereocenters. The summed E-state index contributed by atoms with van der Waals surface area (Å²) in [5.41, 5.74) is 8.16. The Morgan fingerprint density at radius 1 is 1.05 bits per heavy atom. The van der Waals surface area contributed by atoms with E-state index in [2.05, 4.69) is 5.32 Å². The molecule has 0 aliphatic heterocycles. The lowest BCUT2D eigenvalue weighted by atomic mass is 10.2. The molecule has 2 aromatic carbocycles. The Bertz CT molecular complexity index is 586. The highest BCUT2D eigenvalue weighted by Gasteiger charge is 1.94. The Labute approximate surface area is 117 Å². The molecule has 0 radical (unpaired) electrons. The second-order valence-corrected chi connectivity index (χ2v) is 4.48. The summed E-state index contributed by atoms with van der Waals surface area (Å²) in [5.74, 6) is 0.305. The molecule has 0 aliphatic rings. The van der Waals surface area contributed by atoms with Crippen LogP contribution in [0.2, 0.25) is 5.02 Å². The van der Waals surface area contributed by atoms with Crippen molar-refractivity contribution < 1.29 is 0 Å². The van der Waals surface area contributed by atoms with E-state index < -0.39 is 0 Å². The summed E-state index contributed by atoms with van der Waals surface area (Å²) in [5, 5.41) is 11.5. The number of halogens is 1. The summed E-state index contributed by atoms with van der Waals surface area (Å²) < 4.78 is 0. The van der Waals surface area contributed by atoms with E-state index in [4.69, 9.17) is 22.7 Å². The van der Waals surface area contributed by atoms with Gasteiger partial charge in [-0.2, -0.15) is 0 Å². The van der Waals surface area contributed by atoms with Crippen LogP contribution in [-0.4, -0.2) is 5.84 Å². The van der Waals surface area contributed by atoms with Crippen molar-refractivity contribution in [2.45, 2.75) is 0 Å². The van der Waals surface area contributed by atoms with Crippen molar-refractivity contribution in [3.8, 4) is 0 Å². The molecule has 0 atom stereocenters. The molecular formula is C15H14ClN3. The molecule has 4 heteroatoms. The summed E-state index contributed by atoms with van der Waals surface area (Å²) in [6.45, 7) is 0. The fourth-order valence-electron chi connectivity index (χ4n) is 1.52. The standard InChI is InChI=1S/C15H14ClN3/c16-12-4-8-14(9-5-12)19-15(18)10-3-11-1-6-13(17)7-2-11/h1-10H,17H2,(H2,18,19)/b10-3+. The molecule has 0 amide bonds. The lowest BCUT2D eigenvalue weighted by molar-refractivity contribution is 1.48. The molecule has 0 fully saturated rings. The zero-order valence-corrected chi connectivity index (χ0v) is 11.0. The van der Waals surface area contributed by atoms with Crippen molar-refractivity contribution >= 4 is 34.9 Å². The molecule has 3 nitrogen and oxygen atoms in total. The minimum atomic E-state index is 0.305. The fraction of sp³-hybridized carbons (Fsp3) is 0.